The number of hydrogen-bond acceptors (Lipinski definition) is 3. The van der Waals surface area contributed by atoms with Crippen LogP contribution in [-0.2, 0) is 17.9 Å². The molecule has 0 unspecified atom stereocenters. The number of nitrogens with one attached hydrogen (secondary N) is 2. The minimum absolute atomic E-state index is 0.0140. The van der Waals surface area contributed by atoms with Gasteiger partial charge in [-0.1, -0.05) is 24.3 Å². The smallest absolute Gasteiger partial charge is 0.315 e. The van der Waals surface area contributed by atoms with Crippen molar-refractivity contribution >= 4 is 11.9 Å². The first-order valence-electron chi connectivity index (χ1n) is 7.82. The molecule has 0 bridgehead atoms. The summed E-state index contributed by atoms with van der Waals surface area (Å²) in [5.74, 6) is -0.0140. The van der Waals surface area contributed by atoms with Gasteiger partial charge in [0.2, 0.25) is 5.91 Å². The van der Waals surface area contributed by atoms with Gasteiger partial charge in [0, 0.05) is 46.0 Å². The Kier molecular flexibility index (Phi) is 6.36. The van der Waals surface area contributed by atoms with Crippen molar-refractivity contribution in [3.8, 4) is 0 Å². The number of hydrogen-bond donors (Lipinski definition) is 2. The van der Waals surface area contributed by atoms with E-state index in [2.05, 4.69) is 15.7 Å². The zero-order valence-electron chi connectivity index (χ0n) is 14.0. The Balaban J connectivity index is 1.81. The Morgan fingerprint density at radius 3 is 2.54 bits per heavy atom. The highest BCUT2D eigenvalue weighted by atomic mass is 16.2. The number of benzene rings is 1. The summed E-state index contributed by atoms with van der Waals surface area (Å²) >= 11 is 0. The van der Waals surface area contributed by atoms with Crippen LogP contribution in [0.5, 0.6) is 0 Å². The van der Waals surface area contributed by atoms with Gasteiger partial charge in [-0.15, -0.1) is 0 Å². The zero-order chi connectivity index (χ0) is 17.4. The second kappa shape index (κ2) is 8.71. The molecule has 0 fully saturated rings. The maximum Gasteiger partial charge on any atom is 0.315 e. The maximum atomic E-state index is 11.8. The van der Waals surface area contributed by atoms with Gasteiger partial charge < -0.3 is 15.5 Å². The van der Waals surface area contributed by atoms with E-state index in [0.29, 0.717) is 19.6 Å². The van der Waals surface area contributed by atoms with Crippen LogP contribution >= 0.6 is 0 Å². The van der Waals surface area contributed by atoms with Crippen molar-refractivity contribution in [2.24, 2.45) is 0 Å². The fraction of sp³-hybridized carbons (Fsp3) is 0.353. The van der Waals surface area contributed by atoms with E-state index < -0.39 is 0 Å². The van der Waals surface area contributed by atoms with Gasteiger partial charge in [-0.05, 0) is 17.2 Å². The first-order valence-corrected chi connectivity index (χ1v) is 7.82. The van der Waals surface area contributed by atoms with E-state index in [4.69, 9.17) is 0 Å². The lowest BCUT2D eigenvalue weighted by Crippen LogP contribution is -2.37. The lowest BCUT2D eigenvalue weighted by Gasteiger charge is -2.13. The molecule has 24 heavy (non-hydrogen) atoms. The van der Waals surface area contributed by atoms with E-state index in [1.165, 1.54) is 4.90 Å². The van der Waals surface area contributed by atoms with Crippen molar-refractivity contribution in [2.45, 2.75) is 19.5 Å². The number of aromatic nitrogens is 2. The number of carbonyl (C=O) groups excluding carboxylic acids is 2. The monoisotopic (exact) mass is 329 g/mol. The number of carbonyl (C=O) groups is 2. The Hall–Kier alpha value is -2.83. The largest absolute Gasteiger partial charge is 0.349 e. The number of amides is 3. The molecule has 0 aliphatic rings. The predicted octanol–water partition coefficient (Wildman–Crippen LogP) is 1.21. The van der Waals surface area contributed by atoms with Crippen LogP contribution in [0.4, 0.5) is 4.79 Å². The molecular weight excluding hydrogens is 306 g/mol. The molecule has 128 valence electrons. The lowest BCUT2D eigenvalue weighted by molar-refractivity contribution is -0.128. The topological polar surface area (TPSA) is 79.3 Å². The molecule has 7 heteroatoms. The van der Waals surface area contributed by atoms with Crippen molar-refractivity contribution in [3.63, 3.8) is 0 Å². The molecule has 0 atom stereocenters. The summed E-state index contributed by atoms with van der Waals surface area (Å²) in [6.45, 7) is 1.40. The van der Waals surface area contributed by atoms with E-state index in [0.717, 1.165) is 11.1 Å². The van der Waals surface area contributed by atoms with Gasteiger partial charge in [0.05, 0.1) is 6.54 Å². The fourth-order valence-corrected chi connectivity index (χ4v) is 2.20. The highest BCUT2D eigenvalue weighted by Gasteiger charge is 2.07. The van der Waals surface area contributed by atoms with Gasteiger partial charge in [-0.2, -0.15) is 5.10 Å². The van der Waals surface area contributed by atoms with Crippen LogP contribution in [0.3, 0.4) is 0 Å². The summed E-state index contributed by atoms with van der Waals surface area (Å²) in [7, 11) is 3.39. The Morgan fingerprint density at radius 1 is 1.12 bits per heavy atom. The first-order chi connectivity index (χ1) is 11.6. The third kappa shape index (κ3) is 5.42. The molecule has 1 aromatic heterocycles. The van der Waals surface area contributed by atoms with Crippen molar-refractivity contribution in [2.75, 3.05) is 20.6 Å². The van der Waals surface area contributed by atoms with Crippen molar-refractivity contribution in [3.05, 3.63) is 53.9 Å². The highest BCUT2D eigenvalue weighted by Crippen LogP contribution is 2.10. The SMILES string of the molecule is CN(C)C(=O)CCNC(=O)NCc1ccccc1Cn1cccn1. The first kappa shape index (κ1) is 17.5. The fourth-order valence-electron chi connectivity index (χ4n) is 2.20. The average molecular weight is 329 g/mol. The van der Waals surface area contributed by atoms with Crippen LogP contribution in [0.1, 0.15) is 17.5 Å². The number of rotatable bonds is 7. The van der Waals surface area contributed by atoms with E-state index >= 15 is 0 Å². The number of urea groups is 1. The molecule has 1 aromatic carbocycles. The second-order valence-corrected chi connectivity index (χ2v) is 5.62. The Morgan fingerprint density at radius 2 is 1.88 bits per heavy atom. The molecule has 2 rings (SSSR count). The van der Waals surface area contributed by atoms with Crippen LogP contribution in [-0.4, -0.2) is 47.3 Å². The van der Waals surface area contributed by atoms with Gasteiger partial charge in [-0.3, -0.25) is 9.48 Å². The molecule has 0 spiro atoms. The predicted molar refractivity (Wildman–Crippen MR) is 91.3 cm³/mol. The normalized spacial score (nSPS) is 10.2. The van der Waals surface area contributed by atoms with Crippen LogP contribution in [0.15, 0.2) is 42.7 Å². The van der Waals surface area contributed by atoms with Crippen LogP contribution in [0.2, 0.25) is 0 Å². The molecule has 0 saturated heterocycles. The molecule has 0 saturated carbocycles. The Bertz CT molecular complexity index is 667. The highest BCUT2D eigenvalue weighted by molar-refractivity contribution is 5.77. The van der Waals surface area contributed by atoms with Crippen molar-refractivity contribution in [1.82, 2.24) is 25.3 Å². The average Bonchev–Trinajstić information content (AvgIpc) is 3.07. The molecule has 2 N–H and O–H groups in total. The van der Waals surface area contributed by atoms with Gasteiger partial charge in [0.25, 0.3) is 0 Å². The van der Waals surface area contributed by atoms with E-state index in [1.807, 2.05) is 41.2 Å². The summed E-state index contributed by atoms with van der Waals surface area (Å²) in [4.78, 5) is 24.8. The van der Waals surface area contributed by atoms with E-state index in [-0.39, 0.29) is 18.4 Å². The molecule has 0 aliphatic heterocycles. The number of nitrogens with zero attached hydrogens (tertiary/aromatic N) is 3. The zero-order valence-corrected chi connectivity index (χ0v) is 14.0. The molecule has 7 nitrogen and oxygen atoms in total. The second-order valence-electron chi connectivity index (χ2n) is 5.62. The summed E-state index contributed by atoms with van der Waals surface area (Å²) in [5.41, 5.74) is 2.14. The molecule has 3 amide bonds. The van der Waals surface area contributed by atoms with Crippen molar-refractivity contribution < 1.29 is 9.59 Å². The van der Waals surface area contributed by atoms with Gasteiger partial charge in [0.15, 0.2) is 0 Å². The molecule has 1 heterocycles. The third-order valence-electron chi connectivity index (χ3n) is 3.57. The van der Waals surface area contributed by atoms with Crippen LogP contribution in [0.25, 0.3) is 0 Å². The standard InChI is InChI=1S/C17H23N5O2/c1-21(2)16(23)8-10-18-17(24)19-12-14-6-3-4-7-15(14)13-22-11-5-9-20-22/h3-7,9,11H,8,10,12-13H2,1-2H3,(H2,18,19,24). The van der Waals surface area contributed by atoms with E-state index in [1.54, 1.807) is 20.3 Å². The van der Waals surface area contributed by atoms with Gasteiger partial charge in [0.1, 0.15) is 0 Å². The lowest BCUT2D eigenvalue weighted by atomic mass is 10.1. The minimum Gasteiger partial charge on any atom is -0.349 e. The summed E-state index contributed by atoms with van der Waals surface area (Å²) in [6.07, 6.45) is 3.93. The van der Waals surface area contributed by atoms with Gasteiger partial charge >= 0.3 is 6.03 Å². The Labute approximate surface area is 141 Å². The summed E-state index contributed by atoms with van der Waals surface area (Å²) in [5, 5.41) is 9.71. The minimum atomic E-state index is -0.282. The molecular formula is C17H23N5O2. The van der Waals surface area contributed by atoms with Crippen molar-refractivity contribution in [1.29, 1.82) is 0 Å². The molecule has 0 radical (unpaired) electrons. The van der Waals surface area contributed by atoms with Crippen LogP contribution in [0, 0.1) is 0 Å². The van der Waals surface area contributed by atoms with E-state index in [9.17, 15) is 9.59 Å². The van der Waals surface area contributed by atoms with Crippen LogP contribution < -0.4 is 10.6 Å². The summed E-state index contributed by atoms with van der Waals surface area (Å²) in [6, 6.07) is 9.51. The molecule has 0 aliphatic carbocycles. The molecule has 2 aromatic rings. The quantitative estimate of drug-likeness (QED) is 0.801. The third-order valence-corrected chi connectivity index (χ3v) is 3.57. The summed E-state index contributed by atoms with van der Waals surface area (Å²) < 4.78 is 1.84. The maximum absolute atomic E-state index is 11.8. The van der Waals surface area contributed by atoms with Gasteiger partial charge in [-0.25, -0.2) is 4.79 Å².